The third kappa shape index (κ3) is 3.05. The van der Waals surface area contributed by atoms with Gasteiger partial charge in [0, 0.05) is 15.7 Å². The molecule has 3 aromatic carbocycles. The molecule has 1 N–H and O–H groups in total. The molecule has 0 fully saturated rings. The van der Waals surface area contributed by atoms with Crippen molar-refractivity contribution in [3.8, 4) is 5.75 Å². The number of hydrogen-bond acceptors (Lipinski definition) is 3. The van der Waals surface area contributed by atoms with Gasteiger partial charge in [0.2, 0.25) is 0 Å². The van der Waals surface area contributed by atoms with E-state index in [-0.39, 0.29) is 5.02 Å². The lowest BCUT2D eigenvalue weighted by molar-refractivity contribution is 0.501. The minimum Gasteiger partial charge on any atom is -0.438 e. The van der Waals surface area contributed by atoms with Crippen LogP contribution >= 0.6 is 34.9 Å². The van der Waals surface area contributed by atoms with Gasteiger partial charge in [0.15, 0.2) is 0 Å². The Morgan fingerprint density at radius 1 is 1.08 bits per heavy atom. The van der Waals surface area contributed by atoms with Crippen LogP contribution in [0.25, 0.3) is 0 Å². The van der Waals surface area contributed by atoms with Gasteiger partial charge in [-0.25, -0.2) is 4.39 Å². The molecular formula is C19H13BrClFNO2P. The molecule has 7 heteroatoms. The van der Waals surface area contributed by atoms with E-state index in [2.05, 4.69) is 21.2 Å². The van der Waals surface area contributed by atoms with Crippen molar-refractivity contribution in [1.29, 1.82) is 0 Å². The Hall–Kier alpha value is -1.81. The van der Waals surface area contributed by atoms with Gasteiger partial charge in [0.1, 0.15) is 17.3 Å². The average Bonchev–Trinajstić information content (AvgIpc) is 2.92. The van der Waals surface area contributed by atoms with Crippen LogP contribution in [-0.2, 0) is 4.57 Å². The fourth-order valence-corrected chi connectivity index (χ4v) is 5.94. The van der Waals surface area contributed by atoms with Gasteiger partial charge in [-0.3, -0.25) is 4.57 Å². The van der Waals surface area contributed by atoms with Crippen LogP contribution in [0.5, 0.6) is 5.75 Å². The van der Waals surface area contributed by atoms with Crippen LogP contribution in [0.2, 0.25) is 5.02 Å². The molecule has 0 spiro atoms. The van der Waals surface area contributed by atoms with Gasteiger partial charge < -0.3 is 9.84 Å². The molecule has 4 rings (SSSR count). The first-order valence-corrected chi connectivity index (χ1v) is 10.7. The highest BCUT2D eigenvalue weighted by atomic mass is 79.9. The lowest BCUT2D eigenvalue weighted by atomic mass is 10.2. The lowest BCUT2D eigenvalue weighted by Crippen LogP contribution is -2.16. The van der Waals surface area contributed by atoms with E-state index in [1.54, 1.807) is 24.3 Å². The standard InChI is InChI=1S/C19H13BrClFNO2P/c20-12-6-9-18-15(10-12)19(23-13-7-8-17(22)16(21)11-13)26(24,25-18)14-4-2-1-3-5-14/h1-11,19,23H/t19-,26?/m0/s1. The van der Waals surface area contributed by atoms with Crippen molar-refractivity contribution >= 4 is 45.9 Å². The highest BCUT2D eigenvalue weighted by Gasteiger charge is 2.46. The van der Waals surface area contributed by atoms with Gasteiger partial charge in [-0.05, 0) is 48.5 Å². The Kier molecular flexibility index (Phi) is 4.55. The Balaban J connectivity index is 1.82. The average molecular weight is 453 g/mol. The quantitative estimate of drug-likeness (QED) is 0.471. The number of halogens is 3. The van der Waals surface area contributed by atoms with Crippen LogP contribution in [0.15, 0.2) is 71.2 Å². The second kappa shape index (κ2) is 6.73. The van der Waals surface area contributed by atoms with Gasteiger partial charge >= 0.3 is 7.37 Å². The maximum absolute atomic E-state index is 13.9. The smallest absolute Gasteiger partial charge is 0.303 e. The number of rotatable bonds is 3. The summed E-state index contributed by atoms with van der Waals surface area (Å²) in [6.07, 6.45) is 0. The number of nitrogens with one attached hydrogen (secondary N) is 1. The van der Waals surface area contributed by atoms with Gasteiger partial charge in [0.05, 0.1) is 10.3 Å². The van der Waals surface area contributed by atoms with Crippen molar-refractivity contribution in [1.82, 2.24) is 0 Å². The highest BCUT2D eigenvalue weighted by molar-refractivity contribution is 9.10. The molecule has 2 atom stereocenters. The maximum Gasteiger partial charge on any atom is 0.303 e. The van der Waals surface area contributed by atoms with Crippen LogP contribution in [0.1, 0.15) is 11.3 Å². The molecule has 0 radical (unpaired) electrons. The normalized spacial score (nSPS) is 21.1. The molecule has 0 amide bonds. The second-order valence-corrected chi connectivity index (χ2v) is 9.61. The van der Waals surface area contributed by atoms with Crippen LogP contribution in [-0.4, -0.2) is 0 Å². The highest BCUT2D eigenvalue weighted by Crippen LogP contribution is 2.65. The molecule has 0 bridgehead atoms. The first-order valence-electron chi connectivity index (χ1n) is 7.83. The summed E-state index contributed by atoms with van der Waals surface area (Å²) in [6.45, 7) is 0. The molecular weight excluding hydrogens is 440 g/mol. The summed E-state index contributed by atoms with van der Waals surface area (Å²) in [6, 6.07) is 18.9. The van der Waals surface area contributed by atoms with Crippen molar-refractivity contribution < 1.29 is 13.5 Å². The van der Waals surface area contributed by atoms with Crippen LogP contribution in [0.4, 0.5) is 10.1 Å². The zero-order chi connectivity index (χ0) is 18.3. The summed E-state index contributed by atoms with van der Waals surface area (Å²) >= 11 is 9.34. The zero-order valence-corrected chi connectivity index (χ0v) is 16.6. The SMILES string of the molecule is O=P1(c2ccccc2)Oc2ccc(Br)cc2[C@H]1Nc1ccc(F)c(Cl)c1. The zero-order valence-electron chi connectivity index (χ0n) is 13.3. The first-order chi connectivity index (χ1) is 12.5. The molecule has 1 unspecified atom stereocenters. The van der Waals surface area contributed by atoms with E-state index in [0.717, 1.165) is 10.0 Å². The fourth-order valence-electron chi connectivity index (χ4n) is 2.94. The monoisotopic (exact) mass is 451 g/mol. The van der Waals surface area contributed by atoms with Crippen LogP contribution < -0.4 is 15.1 Å². The predicted octanol–water partition coefficient (Wildman–Crippen LogP) is 6.35. The molecule has 1 aliphatic rings. The third-order valence-corrected chi connectivity index (χ3v) is 7.54. The fraction of sp³-hybridized carbons (Fsp3) is 0.0526. The largest absolute Gasteiger partial charge is 0.438 e. The Bertz CT molecular complexity index is 1030. The van der Waals surface area contributed by atoms with E-state index in [1.165, 1.54) is 12.1 Å². The summed E-state index contributed by atoms with van der Waals surface area (Å²) in [4.78, 5) is 0. The van der Waals surface area contributed by atoms with E-state index in [1.807, 2.05) is 30.3 Å². The van der Waals surface area contributed by atoms with Gasteiger partial charge in [-0.1, -0.05) is 45.7 Å². The molecule has 1 aliphatic heterocycles. The lowest BCUT2D eigenvalue weighted by Gasteiger charge is -2.22. The Morgan fingerprint density at radius 2 is 1.85 bits per heavy atom. The summed E-state index contributed by atoms with van der Waals surface area (Å²) in [5.41, 5.74) is 1.33. The number of hydrogen-bond donors (Lipinski definition) is 1. The molecule has 132 valence electrons. The third-order valence-electron chi connectivity index (χ3n) is 4.18. The van der Waals surface area contributed by atoms with Crippen LogP contribution in [0, 0.1) is 5.82 Å². The van der Waals surface area contributed by atoms with E-state index >= 15 is 0 Å². The number of fused-ring (bicyclic) bond motifs is 1. The molecule has 0 aromatic heterocycles. The molecule has 0 aliphatic carbocycles. The minimum atomic E-state index is -3.30. The van der Waals surface area contributed by atoms with E-state index < -0.39 is 19.0 Å². The number of anilines is 1. The summed E-state index contributed by atoms with van der Waals surface area (Å²) in [5, 5.41) is 3.83. The van der Waals surface area contributed by atoms with Crippen molar-refractivity contribution in [3.05, 3.63) is 87.6 Å². The molecule has 1 heterocycles. The summed E-state index contributed by atoms with van der Waals surface area (Å²) < 4.78 is 34.1. The van der Waals surface area contributed by atoms with E-state index in [4.69, 9.17) is 16.1 Å². The molecule has 3 aromatic rings. The maximum atomic E-state index is 13.9. The predicted molar refractivity (Wildman–Crippen MR) is 106 cm³/mol. The summed E-state index contributed by atoms with van der Waals surface area (Å²) in [7, 11) is -3.30. The van der Waals surface area contributed by atoms with Crippen LogP contribution in [0.3, 0.4) is 0 Å². The summed E-state index contributed by atoms with van der Waals surface area (Å²) in [5.74, 6) is -0.556. The van der Waals surface area contributed by atoms with Crippen molar-refractivity contribution in [2.45, 2.75) is 5.78 Å². The molecule has 0 saturated carbocycles. The molecule has 0 saturated heterocycles. The van der Waals surface area contributed by atoms with Gasteiger partial charge in [-0.15, -0.1) is 0 Å². The Morgan fingerprint density at radius 3 is 2.58 bits per heavy atom. The molecule has 26 heavy (non-hydrogen) atoms. The van der Waals surface area contributed by atoms with Crippen molar-refractivity contribution in [2.24, 2.45) is 0 Å². The van der Waals surface area contributed by atoms with Gasteiger partial charge in [0.25, 0.3) is 0 Å². The minimum absolute atomic E-state index is 0.00192. The second-order valence-electron chi connectivity index (χ2n) is 5.88. The van der Waals surface area contributed by atoms with Crippen molar-refractivity contribution in [2.75, 3.05) is 5.32 Å². The first kappa shape index (κ1) is 17.6. The topological polar surface area (TPSA) is 38.3 Å². The van der Waals surface area contributed by atoms with Gasteiger partial charge in [-0.2, -0.15) is 0 Å². The van der Waals surface area contributed by atoms with Crippen molar-refractivity contribution in [3.63, 3.8) is 0 Å². The Labute approximate surface area is 163 Å². The van der Waals surface area contributed by atoms with E-state index in [0.29, 0.717) is 16.7 Å². The number of benzene rings is 3. The van der Waals surface area contributed by atoms with E-state index in [9.17, 15) is 8.96 Å². The molecule has 3 nitrogen and oxygen atoms in total.